The maximum Gasteiger partial charge on any atom is 0.329 e. The summed E-state index contributed by atoms with van der Waals surface area (Å²) < 4.78 is 6.11. The Labute approximate surface area is 188 Å². The van der Waals surface area contributed by atoms with Gasteiger partial charge in [-0.15, -0.1) is 0 Å². The largest absolute Gasteiger partial charge is 0.460 e. The summed E-state index contributed by atoms with van der Waals surface area (Å²) >= 11 is 0. The number of carbonyl (C=O) groups excluding carboxylic acids is 2. The van der Waals surface area contributed by atoms with Crippen LogP contribution in [0.5, 0.6) is 0 Å². The van der Waals surface area contributed by atoms with Crippen molar-refractivity contribution in [3.63, 3.8) is 0 Å². The first kappa shape index (κ1) is 23.8. The van der Waals surface area contributed by atoms with Gasteiger partial charge in [-0.25, -0.2) is 4.79 Å². The Morgan fingerprint density at radius 3 is 2.48 bits per heavy atom. The molecule has 0 aromatic heterocycles. The lowest BCUT2D eigenvalue weighted by Gasteiger charge is -2.47. The molecule has 5 nitrogen and oxygen atoms in total. The van der Waals surface area contributed by atoms with Crippen molar-refractivity contribution in [1.82, 2.24) is 10.2 Å². The minimum Gasteiger partial charge on any atom is -0.460 e. The second kappa shape index (κ2) is 9.77. The van der Waals surface area contributed by atoms with Crippen LogP contribution in [0.25, 0.3) is 0 Å². The van der Waals surface area contributed by atoms with Crippen LogP contribution in [-0.4, -0.2) is 49.8 Å². The summed E-state index contributed by atoms with van der Waals surface area (Å²) in [6.45, 7) is 14.5. The normalized spacial score (nSPS) is 24.5. The highest BCUT2D eigenvalue weighted by Crippen LogP contribution is 2.42. The molecule has 1 fully saturated rings. The first-order chi connectivity index (χ1) is 14.6. The molecule has 2 aliphatic heterocycles. The molecule has 31 heavy (non-hydrogen) atoms. The van der Waals surface area contributed by atoms with E-state index in [-0.39, 0.29) is 30.0 Å². The molecule has 6 heteroatoms. The van der Waals surface area contributed by atoms with E-state index in [2.05, 4.69) is 50.0 Å². The molecule has 1 aromatic rings. The number of hydrogen-bond donors (Lipinski definition) is 1. The number of carbonyl (C=O) groups is 2. The van der Waals surface area contributed by atoms with Crippen LogP contribution in [0.2, 0.25) is 0 Å². The van der Waals surface area contributed by atoms with Gasteiger partial charge in [0.05, 0.1) is 0 Å². The molecule has 168 valence electrons. The topological polar surface area (TPSA) is 58.6 Å². The second-order valence-corrected chi connectivity index (χ2v) is 10.2. The van der Waals surface area contributed by atoms with Crippen LogP contribution >= 0.6 is 0 Å². The smallest absolute Gasteiger partial charge is 0.329 e. The van der Waals surface area contributed by atoms with E-state index in [1.54, 1.807) is 0 Å². The molecule has 3 rings (SSSR count). The summed E-state index contributed by atoms with van der Waals surface area (Å²) in [4.78, 5) is 27.0. The fourth-order valence-electron chi connectivity index (χ4n) is 5.22. The first-order valence-electron chi connectivity index (χ1n) is 11.7. The molecule has 2 radical (unpaired) electrons. The average molecular weight is 424 g/mol. The van der Waals surface area contributed by atoms with E-state index in [0.29, 0.717) is 5.92 Å². The summed E-state index contributed by atoms with van der Waals surface area (Å²) in [7, 11) is 5.30. The highest BCUT2D eigenvalue weighted by Gasteiger charge is 2.41. The van der Waals surface area contributed by atoms with Gasteiger partial charge in [-0.3, -0.25) is 9.69 Å². The highest BCUT2D eigenvalue weighted by molar-refractivity contribution is 6.57. The first-order valence-corrected chi connectivity index (χ1v) is 11.7. The number of esters is 1. The molecule has 1 unspecified atom stereocenters. The van der Waals surface area contributed by atoms with Crippen molar-refractivity contribution in [2.24, 2.45) is 17.8 Å². The Balaban J connectivity index is 1.85. The molecule has 1 amide bonds. The predicted molar refractivity (Wildman–Crippen MR) is 124 cm³/mol. The Kier molecular flexibility index (Phi) is 7.51. The van der Waals surface area contributed by atoms with Crippen LogP contribution in [0.1, 0.15) is 68.8 Å². The van der Waals surface area contributed by atoms with Crippen LogP contribution < -0.4 is 5.32 Å². The Hall–Kier alpha value is -1.82. The molecule has 4 atom stereocenters. The fourth-order valence-corrected chi connectivity index (χ4v) is 5.22. The predicted octanol–water partition coefficient (Wildman–Crippen LogP) is 4.08. The van der Waals surface area contributed by atoms with E-state index in [4.69, 9.17) is 12.6 Å². The van der Waals surface area contributed by atoms with Crippen molar-refractivity contribution in [2.75, 3.05) is 13.1 Å². The lowest BCUT2D eigenvalue weighted by molar-refractivity contribution is -0.161. The van der Waals surface area contributed by atoms with E-state index in [9.17, 15) is 9.59 Å². The van der Waals surface area contributed by atoms with Crippen molar-refractivity contribution in [3.8, 4) is 0 Å². The number of piperidine rings is 1. The molecule has 2 aliphatic rings. The second-order valence-electron chi connectivity index (χ2n) is 10.2. The van der Waals surface area contributed by atoms with E-state index in [1.165, 1.54) is 22.3 Å². The zero-order chi connectivity index (χ0) is 22.9. The summed E-state index contributed by atoms with van der Waals surface area (Å²) in [6.07, 6.45) is 2.71. The third kappa shape index (κ3) is 5.52. The summed E-state index contributed by atoms with van der Waals surface area (Å²) in [6, 6.07) is 4.20. The van der Waals surface area contributed by atoms with Gasteiger partial charge < -0.3 is 10.1 Å². The summed E-state index contributed by atoms with van der Waals surface area (Å²) in [5.74, 6) is -0.359. The van der Waals surface area contributed by atoms with Gasteiger partial charge in [0.2, 0.25) is 7.85 Å². The van der Waals surface area contributed by atoms with Crippen molar-refractivity contribution in [1.29, 1.82) is 0 Å². The summed E-state index contributed by atoms with van der Waals surface area (Å²) in [5, 5.41) is 2.56. The van der Waals surface area contributed by atoms with Crippen molar-refractivity contribution in [2.45, 2.75) is 79.0 Å². The monoisotopic (exact) mass is 424 g/mol. The SMILES string of the molecule is [B]C(=O)NC(C(=O)O[C@@H]1C[C@@H]2c3cc(C)c(C)cc3CCN2C[C@H]1CC(C)C)C(C)C. The fraction of sp³-hybridized carbons (Fsp3) is 0.680. The van der Waals surface area contributed by atoms with Gasteiger partial charge in [0, 0.05) is 31.5 Å². The quantitative estimate of drug-likeness (QED) is 0.552. The van der Waals surface area contributed by atoms with Gasteiger partial charge in [-0.2, -0.15) is 0 Å². The van der Waals surface area contributed by atoms with Crippen LogP contribution in [0, 0.1) is 31.6 Å². The molecule has 1 aromatic carbocycles. The Morgan fingerprint density at radius 1 is 1.19 bits per heavy atom. The van der Waals surface area contributed by atoms with Gasteiger partial charge >= 0.3 is 5.97 Å². The van der Waals surface area contributed by atoms with Crippen LogP contribution in [0.15, 0.2) is 12.1 Å². The van der Waals surface area contributed by atoms with Crippen LogP contribution in [0.3, 0.4) is 0 Å². The van der Waals surface area contributed by atoms with Crippen molar-refractivity contribution < 1.29 is 14.3 Å². The number of ether oxygens (including phenoxy) is 1. The maximum absolute atomic E-state index is 13.0. The van der Waals surface area contributed by atoms with Gasteiger partial charge in [0.25, 0.3) is 0 Å². The number of aryl methyl sites for hydroxylation is 2. The molecule has 0 aliphatic carbocycles. The average Bonchev–Trinajstić information content (AvgIpc) is 2.67. The number of hydrogen-bond acceptors (Lipinski definition) is 4. The van der Waals surface area contributed by atoms with E-state index >= 15 is 0 Å². The van der Waals surface area contributed by atoms with Gasteiger partial charge in [-0.1, -0.05) is 39.8 Å². The number of nitrogens with zero attached hydrogens (tertiary/aromatic N) is 1. The zero-order valence-electron chi connectivity index (χ0n) is 19.9. The molecule has 1 saturated heterocycles. The van der Waals surface area contributed by atoms with Crippen molar-refractivity contribution >= 4 is 19.6 Å². The van der Waals surface area contributed by atoms with Crippen molar-refractivity contribution in [3.05, 3.63) is 34.4 Å². The molecule has 0 spiro atoms. The third-order valence-electron chi connectivity index (χ3n) is 6.93. The number of rotatable bonds is 6. The third-order valence-corrected chi connectivity index (χ3v) is 6.93. The van der Waals surface area contributed by atoms with E-state index < -0.39 is 11.8 Å². The standard InChI is InChI=1S/C25H37BN2O3/c1-14(2)9-19-13-28-8-7-18-10-16(5)17(6)11-20(18)21(28)12-22(19)31-24(29)23(15(3)4)27-25(26)30/h10-11,14-15,19,21-23H,7-9,12-13H2,1-6H3,(H,27,30)/t19-,21-,22-,23?/m1/s1. The van der Waals surface area contributed by atoms with Crippen LogP contribution in [0.4, 0.5) is 4.79 Å². The Bertz CT molecular complexity index is 823. The minimum absolute atomic E-state index is 0.0929. The zero-order valence-corrected chi connectivity index (χ0v) is 19.9. The number of benzene rings is 1. The lowest BCUT2D eigenvalue weighted by Crippen LogP contribution is -2.52. The summed E-state index contributed by atoms with van der Waals surface area (Å²) in [5.41, 5.74) is 5.45. The number of fused-ring (bicyclic) bond motifs is 3. The molecular weight excluding hydrogens is 387 g/mol. The molecular formula is C25H37BN2O3. The Morgan fingerprint density at radius 2 is 1.87 bits per heavy atom. The molecule has 0 saturated carbocycles. The maximum atomic E-state index is 13.0. The number of amides is 1. The van der Waals surface area contributed by atoms with Gasteiger partial charge in [-0.05, 0) is 60.8 Å². The number of nitrogens with one attached hydrogen (secondary N) is 1. The molecule has 2 heterocycles. The molecule has 1 N–H and O–H groups in total. The minimum atomic E-state index is -0.723. The highest BCUT2D eigenvalue weighted by atomic mass is 16.5. The molecule has 0 bridgehead atoms. The van der Waals surface area contributed by atoms with Gasteiger partial charge in [0.1, 0.15) is 12.1 Å². The van der Waals surface area contributed by atoms with E-state index in [1.807, 2.05) is 13.8 Å². The van der Waals surface area contributed by atoms with Crippen LogP contribution in [-0.2, 0) is 16.0 Å². The van der Waals surface area contributed by atoms with E-state index in [0.717, 1.165) is 32.4 Å². The lowest BCUT2D eigenvalue weighted by atomic mass is 9.78. The van der Waals surface area contributed by atoms with Gasteiger partial charge in [0.15, 0.2) is 5.81 Å².